The summed E-state index contributed by atoms with van der Waals surface area (Å²) in [5, 5.41) is 18.0. The maximum Gasteiger partial charge on any atom is 0.276 e. The number of H-pyrrole nitrogens is 1. The maximum absolute atomic E-state index is 12.6. The smallest absolute Gasteiger partial charge is 0.276 e. The van der Waals surface area contributed by atoms with Crippen LogP contribution in [0.4, 0.5) is 5.69 Å². The molecule has 0 saturated carbocycles. The fourth-order valence-corrected chi connectivity index (χ4v) is 4.05. The average molecular weight is 364 g/mol. The Morgan fingerprint density at radius 3 is 2.56 bits per heavy atom. The van der Waals surface area contributed by atoms with E-state index in [0.717, 1.165) is 18.9 Å². The molecule has 2 aromatic rings. The maximum atomic E-state index is 12.6. The Kier molecular flexibility index (Phi) is 4.55. The van der Waals surface area contributed by atoms with E-state index in [1.807, 2.05) is 0 Å². The first kappa shape index (κ1) is 17.1. The molecule has 1 fully saturated rings. The van der Waals surface area contributed by atoms with Crippen molar-refractivity contribution >= 4 is 21.6 Å². The molecule has 0 radical (unpaired) electrons. The van der Waals surface area contributed by atoms with E-state index in [-0.39, 0.29) is 22.0 Å². The molecule has 3 N–H and O–H groups in total. The van der Waals surface area contributed by atoms with E-state index < -0.39 is 21.5 Å². The number of hydrogen-bond donors (Lipinski definition) is 3. The lowest BCUT2D eigenvalue weighted by Crippen LogP contribution is -2.28. The van der Waals surface area contributed by atoms with Crippen molar-refractivity contribution in [2.45, 2.75) is 17.7 Å². The van der Waals surface area contributed by atoms with Gasteiger partial charge < -0.3 is 10.4 Å². The molecule has 132 valence electrons. The van der Waals surface area contributed by atoms with E-state index in [1.165, 1.54) is 28.6 Å². The average Bonchev–Trinajstić information content (AvgIpc) is 3.12. The van der Waals surface area contributed by atoms with Crippen molar-refractivity contribution < 1.29 is 18.3 Å². The lowest BCUT2D eigenvalue weighted by molar-refractivity contribution is 0.102. The SMILES string of the molecule is O=C(Nc1cc(S(=O)(=O)N2CCCC2)ccc1O)c1ccc(=O)[nH]n1. The normalized spacial score (nSPS) is 15.2. The molecule has 9 nitrogen and oxygen atoms in total. The van der Waals surface area contributed by atoms with Gasteiger partial charge in [-0.25, -0.2) is 13.5 Å². The fraction of sp³-hybridized carbons (Fsp3) is 0.267. The number of hydrogen-bond acceptors (Lipinski definition) is 6. The molecule has 1 amide bonds. The first-order valence-electron chi connectivity index (χ1n) is 7.58. The van der Waals surface area contributed by atoms with Gasteiger partial charge in [-0.3, -0.25) is 9.59 Å². The molecule has 2 heterocycles. The molecular formula is C15H16N4O5S. The number of aromatic nitrogens is 2. The molecule has 0 bridgehead atoms. The Morgan fingerprint density at radius 1 is 1.20 bits per heavy atom. The van der Waals surface area contributed by atoms with Crippen LogP contribution in [-0.2, 0) is 10.0 Å². The van der Waals surface area contributed by atoms with Gasteiger partial charge in [0.25, 0.3) is 11.5 Å². The summed E-state index contributed by atoms with van der Waals surface area (Å²) in [5.41, 5.74) is -0.594. The van der Waals surface area contributed by atoms with E-state index in [2.05, 4.69) is 15.5 Å². The Balaban J connectivity index is 1.88. The van der Waals surface area contributed by atoms with Gasteiger partial charge in [0.05, 0.1) is 10.6 Å². The third-order valence-electron chi connectivity index (χ3n) is 3.83. The number of sulfonamides is 1. The number of anilines is 1. The first-order chi connectivity index (χ1) is 11.9. The van der Waals surface area contributed by atoms with Gasteiger partial charge >= 0.3 is 0 Å². The number of phenols is 1. The topological polar surface area (TPSA) is 132 Å². The number of benzene rings is 1. The van der Waals surface area contributed by atoms with Crippen LogP contribution in [0.15, 0.2) is 40.0 Å². The van der Waals surface area contributed by atoms with Crippen molar-refractivity contribution in [2.24, 2.45) is 0 Å². The number of nitrogens with one attached hydrogen (secondary N) is 2. The number of carbonyl (C=O) groups is 1. The third kappa shape index (κ3) is 3.54. The van der Waals surface area contributed by atoms with Gasteiger partial charge in [-0.15, -0.1) is 0 Å². The second-order valence-electron chi connectivity index (χ2n) is 5.55. The van der Waals surface area contributed by atoms with Crippen molar-refractivity contribution in [2.75, 3.05) is 18.4 Å². The predicted octanol–water partition coefficient (Wildman–Crippen LogP) is 0.512. The van der Waals surface area contributed by atoms with Gasteiger partial charge in [-0.2, -0.15) is 9.40 Å². The summed E-state index contributed by atoms with van der Waals surface area (Å²) in [6, 6.07) is 6.05. The third-order valence-corrected chi connectivity index (χ3v) is 5.73. The molecule has 1 aliphatic rings. The van der Waals surface area contributed by atoms with Crippen molar-refractivity contribution in [1.82, 2.24) is 14.5 Å². The van der Waals surface area contributed by atoms with E-state index in [4.69, 9.17) is 0 Å². The van der Waals surface area contributed by atoms with Crippen LogP contribution in [0.1, 0.15) is 23.3 Å². The van der Waals surface area contributed by atoms with Crippen LogP contribution in [-0.4, -0.2) is 47.0 Å². The number of amides is 1. The molecule has 1 aromatic heterocycles. The summed E-state index contributed by atoms with van der Waals surface area (Å²) < 4.78 is 26.5. The van der Waals surface area contributed by atoms with Crippen LogP contribution in [0.2, 0.25) is 0 Å². The van der Waals surface area contributed by atoms with Crippen LogP contribution >= 0.6 is 0 Å². The Labute approximate surface area is 143 Å². The minimum atomic E-state index is -3.68. The zero-order chi connectivity index (χ0) is 18.0. The summed E-state index contributed by atoms with van der Waals surface area (Å²) in [4.78, 5) is 23.1. The Morgan fingerprint density at radius 2 is 1.92 bits per heavy atom. The van der Waals surface area contributed by atoms with Crippen LogP contribution in [0.5, 0.6) is 5.75 Å². The highest BCUT2D eigenvalue weighted by atomic mass is 32.2. The standard InChI is InChI=1S/C15H16N4O5S/c20-13-5-3-10(25(23,24)19-7-1-2-8-19)9-12(13)16-15(22)11-4-6-14(21)18-17-11/h3-6,9,20H,1-2,7-8H2,(H,16,22)(H,18,21). The molecule has 0 aliphatic carbocycles. The summed E-state index contributed by atoms with van der Waals surface area (Å²) in [6.07, 6.45) is 1.61. The van der Waals surface area contributed by atoms with Crippen LogP contribution in [0.25, 0.3) is 0 Å². The van der Waals surface area contributed by atoms with Gasteiger partial charge in [-0.1, -0.05) is 0 Å². The molecule has 0 spiro atoms. The molecule has 1 saturated heterocycles. The summed E-state index contributed by atoms with van der Waals surface area (Å²) in [6.45, 7) is 0.901. The largest absolute Gasteiger partial charge is 0.506 e. The van der Waals surface area contributed by atoms with Gasteiger partial charge in [0.1, 0.15) is 11.4 Å². The van der Waals surface area contributed by atoms with E-state index in [9.17, 15) is 23.1 Å². The minimum absolute atomic E-state index is 0.0167. The highest BCUT2D eigenvalue weighted by Gasteiger charge is 2.28. The zero-order valence-electron chi connectivity index (χ0n) is 13.1. The summed E-state index contributed by atoms with van der Waals surface area (Å²) in [7, 11) is -3.68. The number of phenolic OH excluding ortho intramolecular Hbond substituents is 1. The van der Waals surface area contributed by atoms with Gasteiger partial charge in [-0.05, 0) is 37.1 Å². The Hall–Kier alpha value is -2.72. The van der Waals surface area contributed by atoms with Gasteiger partial charge in [0.15, 0.2) is 0 Å². The van der Waals surface area contributed by atoms with Crippen molar-refractivity contribution in [3.05, 3.63) is 46.4 Å². The van der Waals surface area contributed by atoms with Crippen LogP contribution in [0, 0.1) is 0 Å². The first-order valence-corrected chi connectivity index (χ1v) is 9.02. The second-order valence-corrected chi connectivity index (χ2v) is 7.49. The number of aromatic amines is 1. The molecule has 0 unspecified atom stereocenters. The quantitative estimate of drug-likeness (QED) is 0.677. The van der Waals surface area contributed by atoms with Crippen LogP contribution in [0.3, 0.4) is 0 Å². The molecule has 1 aromatic carbocycles. The van der Waals surface area contributed by atoms with Gasteiger partial charge in [0, 0.05) is 19.2 Å². The lowest BCUT2D eigenvalue weighted by Gasteiger charge is -2.16. The molecule has 10 heteroatoms. The summed E-state index contributed by atoms with van der Waals surface area (Å²) in [5.74, 6) is -0.972. The molecule has 1 aliphatic heterocycles. The number of carbonyl (C=O) groups excluding carboxylic acids is 1. The zero-order valence-corrected chi connectivity index (χ0v) is 13.9. The number of aromatic hydroxyl groups is 1. The monoisotopic (exact) mass is 364 g/mol. The fourth-order valence-electron chi connectivity index (χ4n) is 2.51. The molecule has 3 rings (SSSR count). The molecule has 0 atom stereocenters. The number of rotatable bonds is 4. The van der Waals surface area contributed by atoms with Crippen molar-refractivity contribution in [3.63, 3.8) is 0 Å². The number of nitrogens with zero attached hydrogens (tertiary/aromatic N) is 2. The van der Waals surface area contributed by atoms with E-state index in [1.54, 1.807) is 0 Å². The predicted molar refractivity (Wildman–Crippen MR) is 88.9 cm³/mol. The highest BCUT2D eigenvalue weighted by Crippen LogP contribution is 2.29. The Bertz CT molecular complexity index is 944. The lowest BCUT2D eigenvalue weighted by atomic mass is 10.2. The van der Waals surface area contributed by atoms with Crippen molar-refractivity contribution in [1.29, 1.82) is 0 Å². The van der Waals surface area contributed by atoms with Crippen LogP contribution < -0.4 is 10.9 Å². The van der Waals surface area contributed by atoms with Crippen molar-refractivity contribution in [3.8, 4) is 5.75 Å². The van der Waals surface area contributed by atoms with E-state index in [0.29, 0.717) is 13.1 Å². The summed E-state index contributed by atoms with van der Waals surface area (Å²) >= 11 is 0. The molecular weight excluding hydrogens is 348 g/mol. The highest BCUT2D eigenvalue weighted by molar-refractivity contribution is 7.89. The second kappa shape index (κ2) is 6.65. The molecule has 25 heavy (non-hydrogen) atoms. The van der Waals surface area contributed by atoms with E-state index >= 15 is 0 Å². The van der Waals surface area contributed by atoms with Gasteiger partial charge in [0.2, 0.25) is 10.0 Å². The minimum Gasteiger partial charge on any atom is -0.506 e.